The van der Waals surface area contributed by atoms with Gasteiger partial charge in [-0.2, -0.15) is 0 Å². The zero-order valence-corrected chi connectivity index (χ0v) is 16.0. The number of fused-ring (bicyclic) bond motifs is 2. The highest BCUT2D eigenvalue weighted by molar-refractivity contribution is 7.99. The molecule has 5 heteroatoms. The van der Waals surface area contributed by atoms with Crippen molar-refractivity contribution < 1.29 is 4.79 Å². The van der Waals surface area contributed by atoms with Gasteiger partial charge in [-0.05, 0) is 50.0 Å². The second kappa shape index (κ2) is 9.12. The van der Waals surface area contributed by atoms with Crippen molar-refractivity contribution in [2.75, 3.05) is 0 Å². The molecule has 24 heavy (non-hydrogen) atoms. The first-order chi connectivity index (χ1) is 11.1. The maximum atomic E-state index is 12.6. The molecule has 0 saturated heterocycles. The minimum Gasteiger partial charge on any atom is -0.352 e. The molecule has 134 valence electrons. The summed E-state index contributed by atoms with van der Waals surface area (Å²) in [5.74, 6) is 2.27. The quantitative estimate of drug-likeness (QED) is 0.832. The molecule has 1 aromatic rings. The molecular formula is C19H29ClN2OS. The van der Waals surface area contributed by atoms with E-state index in [0.717, 1.165) is 18.6 Å². The van der Waals surface area contributed by atoms with Crippen LogP contribution in [0.5, 0.6) is 0 Å². The lowest BCUT2D eigenvalue weighted by atomic mass is 9.67. The highest BCUT2D eigenvalue weighted by Gasteiger charge is 2.40. The molecule has 0 spiro atoms. The van der Waals surface area contributed by atoms with Gasteiger partial charge in [0.15, 0.2) is 0 Å². The standard InChI is InChI=1S/C19H28N2OS.ClH/c1-13(23-12-14-6-3-2-4-7-14)19(22)21-18-15-8-5-9-16(18)11-17(20)10-15;/h2-4,6-7,13,15-18H,5,8-12,20H2,1H3,(H,21,22);1H. The van der Waals surface area contributed by atoms with Crippen LogP contribution in [0.3, 0.4) is 0 Å². The van der Waals surface area contributed by atoms with Crippen LogP contribution in [0.25, 0.3) is 0 Å². The number of nitrogens with one attached hydrogen (secondary N) is 1. The third-order valence-corrected chi connectivity index (χ3v) is 6.61. The summed E-state index contributed by atoms with van der Waals surface area (Å²) in [6.07, 6.45) is 5.90. The Morgan fingerprint density at radius 3 is 2.50 bits per heavy atom. The van der Waals surface area contributed by atoms with Crippen LogP contribution in [0.15, 0.2) is 30.3 Å². The Labute approximate surface area is 155 Å². The van der Waals surface area contributed by atoms with E-state index in [1.807, 2.05) is 25.1 Å². The highest BCUT2D eigenvalue weighted by Crippen LogP contribution is 2.39. The van der Waals surface area contributed by atoms with Gasteiger partial charge in [0.25, 0.3) is 0 Å². The van der Waals surface area contributed by atoms with Crippen molar-refractivity contribution in [3.63, 3.8) is 0 Å². The second-order valence-electron chi connectivity index (χ2n) is 7.16. The summed E-state index contributed by atoms with van der Waals surface area (Å²) in [7, 11) is 0. The summed E-state index contributed by atoms with van der Waals surface area (Å²) in [5.41, 5.74) is 7.45. The summed E-state index contributed by atoms with van der Waals surface area (Å²) in [5, 5.41) is 3.35. The van der Waals surface area contributed by atoms with Crippen LogP contribution in [0.2, 0.25) is 0 Å². The average molecular weight is 369 g/mol. The molecule has 2 aliphatic carbocycles. The summed E-state index contributed by atoms with van der Waals surface area (Å²) in [6.45, 7) is 2.02. The maximum Gasteiger partial charge on any atom is 0.233 e. The molecule has 0 aliphatic heterocycles. The van der Waals surface area contributed by atoms with Gasteiger partial charge < -0.3 is 11.1 Å². The van der Waals surface area contributed by atoms with Crippen molar-refractivity contribution in [1.29, 1.82) is 0 Å². The van der Waals surface area contributed by atoms with Gasteiger partial charge in [0.2, 0.25) is 5.91 Å². The molecule has 2 bridgehead atoms. The number of halogens is 1. The molecule has 0 aromatic heterocycles. The topological polar surface area (TPSA) is 55.1 Å². The molecule has 3 N–H and O–H groups in total. The first-order valence-electron chi connectivity index (χ1n) is 8.85. The Balaban J connectivity index is 0.00000208. The van der Waals surface area contributed by atoms with Gasteiger partial charge in [-0.1, -0.05) is 36.8 Å². The maximum absolute atomic E-state index is 12.6. The number of carbonyl (C=O) groups excluding carboxylic acids is 1. The lowest BCUT2D eigenvalue weighted by Crippen LogP contribution is -2.54. The molecule has 1 aromatic carbocycles. The van der Waals surface area contributed by atoms with E-state index in [1.54, 1.807) is 11.8 Å². The average Bonchev–Trinajstić information content (AvgIpc) is 2.54. The third-order valence-electron chi connectivity index (χ3n) is 5.40. The van der Waals surface area contributed by atoms with E-state index in [0.29, 0.717) is 23.9 Å². The fourth-order valence-corrected chi connectivity index (χ4v) is 5.03. The molecule has 3 atom stereocenters. The van der Waals surface area contributed by atoms with Crippen LogP contribution in [0.1, 0.15) is 44.6 Å². The lowest BCUT2D eigenvalue weighted by Gasteiger charge is -2.45. The Morgan fingerprint density at radius 2 is 1.88 bits per heavy atom. The van der Waals surface area contributed by atoms with Gasteiger partial charge in [-0.15, -0.1) is 24.2 Å². The zero-order valence-electron chi connectivity index (χ0n) is 14.3. The van der Waals surface area contributed by atoms with Crippen LogP contribution < -0.4 is 11.1 Å². The molecule has 1 amide bonds. The van der Waals surface area contributed by atoms with E-state index >= 15 is 0 Å². The molecule has 3 rings (SSSR count). The van der Waals surface area contributed by atoms with E-state index in [4.69, 9.17) is 5.73 Å². The predicted octanol–water partition coefficient (Wildman–Crippen LogP) is 3.75. The lowest BCUT2D eigenvalue weighted by molar-refractivity contribution is -0.122. The van der Waals surface area contributed by atoms with Crippen LogP contribution in [-0.4, -0.2) is 23.2 Å². The van der Waals surface area contributed by atoms with Gasteiger partial charge in [0, 0.05) is 17.8 Å². The third kappa shape index (κ3) is 4.90. The molecule has 0 heterocycles. The van der Waals surface area contributed by atoms with Gasteiger partial charge in [0.1, 0.15) is 0 Å². The predicted molar refractivity (Wildman–Crippen MR) is 104 cm³/mol. The fourth-order valence-electron chi connectivity index (χ4n) is 4.18. The number of carbonyl (C=O) groups is 1. The molecule has 2 aliphatic rings. The van der Waals surface area contributed by atoms with E-state index in [-0.39, 0.29) is 23.6 Å². The second-order valence-corrected chi connectivity index (χ2v) is 8.48. The normalized spacial score (nSPS) is 30.1. The first kappa shape index (κ1) is 19.6. The van der Waals surface area contributed by atoms with E-state index in [9.17, 15) is 4.79 Å². The summed E-state index contributed by atoms with van der Waals surface area (Å²) in [6, 6.07) is 11.0. The van der Waals surface area contributed by atoms with Gasteiger partial charge >= 0.3 is 0 Å². The summed E-state index contributed by atoms with van der Waals surface area (Å²) >= 11 is 1.72. The molecule has 0 radical (unpaired) electrons. The van der Waals surface area contributed by atoms with Crippen molar-refractivity contribution in [3.8, 4) is 0 Å². The van der Waals surface area contributed by atoms with Crippen molar-refractivity contribution in [2.24, 2.45) is 17.6 Å². The SMILES string of the molecule is CC(SCc1ccccc1)C(=O)NC1C2CCCC1CC(N)C2.Cl. The van der Waals surface area contributed by atoms with Crippen LogP contribution in [0, 0.1) is 11.8 Å². The minimum absolute atomic E-state index is 0. The number of thioether (sulfide) groups is 1. The monoisotopic (exact) mass is 368 g/mol. The summed E-state index contributed by atoms with van der Waals surface area (Å²) in [4.78, 5) is 12.6. The highest BCUT2D eigenvalue weighted by atomic mass is 35.5. The van der Waals surface area contributed by atoms with Crippen LogP contribution >= 0.6 is 24.2 Å². The van der Waals surface area contributed by atoms with Gasteiger partial charge in [-0.25, -0.2) is 0 Å². The Kier molecular flexibility index (Phi) is 7.45. The van der Waals surface area contributed by atoms with Crippen LogP contribution in [-0.2, 0) is 10.5 Å². The Hall–Kier alpha value is -0.710. The Morgan fingerprint density at radius 1 is 1.25 bits per heavy atom. The van der Waals surface area contributed by atoms with Crippen LogP contribution in [0.4, 0.5) is 0 Å². The zero-order chi connectivity index (χ0) is 16.2. The minimum atomic E-state index is -0.00784. The molecular weight excluding hydrogens is 340 g/mol. The van der Waals surface area contributed by atoms with E-state index in [1.165, 1.54) is 24.8 Å². The van der Waals surface area contributed by atoms with E-state index < -0.39 is 0 Å². The summed E-state index contributed by atoms with van der Waals surface area (Å²) < 4.78 is 0. The smallest absolute Gasteiger partial charge is 0.233 e. The molecule has 3 unspecified atom stereocenters. The number of benzene rings is 1. The first-order valence-corrected chi connectivity index (χ1v) is 9.90. The van der Waals surface area contributed by atoms with Crippen molar-refractivity contribution in [3.05, 3.63) is 35.9 Å². The van der Waals surface area contributed by atoms with Crippen molar-refractivity contribution >= 4 is 30.1 Å². The number of hydrogen-bond donors (Lipinski definition) is 2. The number of nitrogens with two attached hydrogens (primary N) is 1. The van der Waals surface area contributed by atoms with Crippen molar-refractivity contribution in [1.82, 2.24) is 5.32 Å². The number of amides is 1. The van der Waals surface area contributed by atoms with E-state index in [2.05, 4.69) is 17.4 Å². The largest absolute Gasteiger partial charge is 0.352 e. The number of rotatable bonds is 5. The van der Waals surface area contributed by atoms with Gasteiger partial charge in [0.05, 0.1) is 5.25 Å². The fraction of sp³-hybridized carbons (Fsp3) is 0.632. The van der Waals surface area contributed by atoms with Gasteiger partial charge in [-0.3, -0.25) is 4.79 Å². The molecule has 2 fully saturated rings. The van der Waals surface area contributed by atoms with Crippen molar-refractivity contribution in [2.45, 2.75) is 62.1 Å². The molecule has 3 nitrogen and oxygen atoms in total. The Bertz CT molecular complexity index is 513. The number of hydrogen-bond acceptors (Lipinski definition) is 3. The molecule has 2 saturated carbocycles.